The number of nitrogens with zero attached hydrogens (tertiary/aromatic N) is 2. The van der Waals surface area contributed by atoms with Crippen molar-refractivity contribution >= 4 is 33.8 Å². The zero-order valence-electron chi connectivity index (χ0n) is 24.4. The predicted octanol–water partition coefficient (Wildman–Crippen LogP) is 6.36. The maximum Gasteiger partial charge on any atom is 0.254 e. The smallest absolute Gasteiger partial charge is 0.254 e. The van der Waals surface area contributed by atoms with E-state index in [-0.39, 0.29) is 23.2 Å². The van der Waals surface area contributed by atoms with Gasteiger partial charge in [-0.15, -0.1) is 0 Å². The molecule has 5 atom stereocenters. The topological polar surface area (TPSA) is 77.4 Å². The lowest BCUT2D eigenvalue weighted by atomic mass is 9.68. The highest BCUT2D eigenvalue weighted by Gasteiger charge is 2.44. The number of benzene rings is 2. The van der Waals surface area contributed by atoms with Gasteiger partial charge in [0, 0.05) is 49.9 Å². The van der Waals surface area contributed by atoms with Crippen molar-refractivity contribution in [2.24, 2.45) is 22.1 Å². The number of methoxy groups -OCH3 is 2. The maximum absolute atomic E-state index is 13.3. The summed E-state index contributed by atoms with van der Waals surface area (Å²) in [6.45, 7) is 2.63. The van der Waals surface area contributed by atoms with Crippen LogP contribution in [0.1, 0.15) is 53.6 Å². The van der Waals surface area contributed by atoms with E-state index in [1.54, 1.807) is 20.3 Å². The summed E-state index contributed by atoms with van der Waals surface area (Å²) < 4.78 is 35.0. The Hall–Kier alpha value is -2.39. The molecule has 1 saturated carbocycles. The minimum Gasteiger partial charge on any atom is -0.490 e. The molecule has 4 aliphatic rings. The van der Waals surface area contributed by atoms with Gasteiger partial charge in [0.25, 0.3) is 5.91 Å². The summed E-state index contributed by atoms with van der Waals surface area (Å²) in [7, 11) is 1.76. The zero-order valence-corrected chi connectivity index (χ0v) is 26.0. The Labute approximate surface area is 255 Å². The van der Waals surface area contributed by atoms with Crippen molar-refractivity contribution in [3.8, 4) is 5.75 Å². The monoisotopic (exact) mass is 611 g/mol. The van der Waals surface area contributed by atoms with Crippen LogP contribution < -0.4 is 9.64 Å². The lowest BCUT2D eigenvalue weighted by molar-refractivity contribution is 0.0131. The second-order valence-electron chi connectivity index (χ2n) is 12.4. The van der Waals surface area contributed by atoms with Crippen molar-refractivity contribution in [1.82, 2.24) is 0 Å². The van der Waals surface area contributed by atoms with Crippen molar-refractivity contribution in [2.45, 2.75) is 50.0 Å². The summed E-state index contributed by atoms with van der Waals surface area (Å²) in [6, 6.07) is 11.8. The fourth-order valence-electron chi connectivity index (χ4n) is 7.39. The minimum atomic E-state index is -1.66. The fourth-order valence-corrected chi connectivity index (χ4v) is 8.58. The van der Waals surface area contributed by atoms with E-state index in [9.17, 15) is 9.00 Å². The average Bonchev–Trinajstić information content (AvgIpc) is 3.11. The van der Waals surface area contributed by atoms with Crippen molar-refractivity contribution in [1.29, 1.82) is 0 Å². The quantitative estimate of drug-likeness (QED) is 0.297. The van der Waals surface area contributed by atoms with E-state index in [1.165, 1.54) is 11.1 Å². The number of carbonyl (C=O) groups is 1. The molecule has 1 amide bonds. The Morgan fingerprint density at radius 2 is 2.07 bits per heavy atom. The molecule has 9 heteroatoms. The lowest BCUT2D eigenvalue weighted by Gasteiger charge is -2.46. The van der Waals surface area contributed by atoms with Crippen molar-refractivity contribution in [3.63, 3.8) is 0 Å². The second-order valence-corrected chi connectivity index (χ2v) is 14.0. The van der Waals surface area contributed by atoms with E-state index in [4.69, 9.17) is 25.8 Å². The Morgan fingerprint density at radius 1 is 1.19 bits per heavy atom. The summed E-state index contributed by atoms with van der Waals surface area (Å²) in [5.41, 5.74) is 3.75. The number of fused-ring (bicyclic) bond motifs is 4. The average molecular weight is 612 g/mol. The van der Waals surface area contributed by atoms with Gasteiger partial charge in [0.15, 0.2) is 0 Å². The Morgan fingerprint density at radius 3 is 2.86 bits per heavy atom. The molecule has 2 aromatic carbocycles. The van der Waals surface area contributed by atoms with Gasteiger partial charge in [-0.2, -0.15) is 10.6 Å². The van der Waals surface area contributed by atoms with Crippen LogP contribution in [0, 0.1) is 17.8 Å². The molecule has 2 aromatic rings. The maximum atomic E-state index is 13.3. The molecule has 0 saturated heterocycles. The van der Waals surface area contributed by atoms with Crippen LogP contribution in [0.3, 0.4) is 0 Å². The van der Waals surface area contributed by atoms with Gasteiger partial charge in [-0.25, -0.2) is 0 Å². The van der Waals surface area contributed by atoms with Gasteiger partial charge in [0.05, 0.1) is 18.4 Å². The van der Waals surface area contributed by atoms with E-state index in [2.05, 4.69) is 33.5 Å². The fraction of sp³-hybridized carbons (Fsp3) is 0.545. The molecule has 0 radical (unpaired) electrons. The SMILES string of the molecule is COC[C@H]1C/C=C/[C@H](OC)[C@@H]2CC[C@H]2CN2C[C@@]3(CCCc4cc(Cl)ccc43)COc3ccc(cc32)C(=O)N=[S-](=O)C1. The van der Waals surface area contributed by atoms with Crippen molar-refractivity contribution in [2.75, 3.05) is 51.2 Å². The molecule has 1 fully saturated rings. The van der Waals surface area contributed by atoms with E-state index < -0.39 is 16.5 Å². The third kappa shape index (κ3) is 6.01. The molecular weight excluding hydrogens is 572 g/mol. The van der Waals surface area contributed by atoms with Gasteiger partial charge in [0.1, 0.15) is 5.75 Å². The first-order valence-electron chi connectivity index (χ1n) is 15.0. The summed E-state index contributed by atoms with van der Waals surface area (Å²) in [5.74, 6) is 1.40. The molecule has 2 heterocycles. The number of anilines is 1. The molecule has 2 aliphatic carbocycles. The summed E-state index contributed by atoms with van der Waals surface area (Å²) in [6.07, 6.45) is 10.3. The number of hydrogen-bond acceptors (Lipinski definition) is 7. The third-order valence-electron chi connectivity index (χ3n) is 9.67. The number of carbonyl (C=O) groups excluding carboxylic acids is 1. The normalized spacial score (nSPS) is 30.7. The Bertz CT molecular complexity index is 1440. The Balaban J connectivity index is 1.41. The standard InChI is InChI=1S/C33H40ClN2O5S/c1-39-18-22-5-3-7-30(40-2)27-11-8-25(27)17-36-20-33(14-4-6-23-15-26(34)10-12-28(23)33)21-41-31-13-9-24(16-29(31)36)32(37)35-42(38)19-22/h3,7,9-10,12-13,15-16,22,25,27,30H,4-6,8,11,14,17-21H2,1-2H3/q-1/b7-3+/t22-,25+,27-,30+,33+/m1/s1. The van der Waals surface area contributed by atoms with Crippen LogP contribution in [0.15, 0.2) is 52.9 Å². The highest BCUT2D eigenvalue weighted by atomic mass is 35.5. The number of allylic oxidation sites excluding steroid dienone is 1. The molecule has 7 nitrogen and oxygen atoms in total. The van der Waals surface area contributed by atoms with Gasteiger partial charge in [-0.1, -0.05) is 35.6 Å². The number of rotatable bonds is 3. The van der Waals surface area contributed by atoms with Crippen LogP contribution in [-0.4, -0.2) is 58.3 Å². The first-order valence-corrected chi connectivity index (χ1v) is 16.7. The molecular formula is C33H40ClN2O5S-. The van der Waals surface area contributed by atoms with Crippen LogP contribution in [-0.2, 0) is 36.1 Å². The molecule has 1 spiro atoms. The molecule has 0 N–H and O–H groups in total. The summed E-state index contributed by atoms with van der Waals surface area (Å²) in [5, 5.41) is 0.766. The highest BCUT2D eigenvalue weighted by Crippen LogP contribution is 2.47. The van der Waals surface area contributed by atoms with Gasteiger partial charge in [0.2, 0.25) is 0 Å². The number of ether oxygens (including phenoxy) is 3. The number of aryl methyl sites for hydroxylation is 1. The van der Waals surface area contributed by atoms with Gasteiger partial charge in [-0.05, 0) is 97.7 Å². The largest absolute Gasteiger partial charge is 0.490 e. The molecule has 0 aromatic heterocycles. The molecule has 2 aliphatic heterocycles. The molecule has 6 rings (SSSR count). The number of amides is 1. The van der Waals surface area contributed by atoms with Gasteiger partial charge < -0.3 is 27.7 Å². The third-order valence-corrected chi connectivity index (χ3v) is 11.0. The minimum absolute atomic E-state index is 0.00777. The van der Waals surface area contributed by atoms with Gasteiger partial charge in [-0.3, -0.25) is 4.79 Å². The molecule has 42 heavy (non-hydrogen) atoms. The summed E-state index contributed by atoms with van der Waals surface area (Å²) >= 11 is 6.41. The predicted molar refractivity (Wildman–Crippen MR) is 166 cm³/mol. The molecule has 226 valence electrons. The number of halogens is 1. The zero-order chi connectivity index (χ0) is 29.3. The second kappa shape index (κ2) is 12.7. The van der Waals surface area contributed by atoms with Crippen LogP contribution >= 0.6 is 11.6 Å². The van der Waals surface area contributed by atoms with Crippen molar-refractivity contribution < 1.29 is 23.2 Å². The van der Waals surface area contributed by atoms with Crippen LogP contribution in [0.25, 0.3) is 0 Å². The van der Waals surface area contributed by atoms with Crippen molar-refractivity contribution in [3.05, 3.63) is 70.3 Å². The molecule has 2 bridgehead atoms. The van der Waals surface area contributed by atoms with Gasteiger partial charge >= 0.3 is 0 Å². The van der Waals surface area contributed by atoms with Crippen LogP contribution in [0.2, 0.25) is 5.02 Å². The Kier molecular flexibility index (Phi) is 8.96. The lowest BCUT2D eigenvalue weighted by Crippen LogP contribution is -2.49. The highest BCUT2D eigenvalue weighted by molar-refractivity contribution is 7.75. The molecule has 0 unspecified atom stereocenters. The van der Waals surface area contributed by atoms with Crippen LogP contribution in [0.5, 0.6) is 5.75 Å². The first kappa shape index (κ1) is 29.7. The van der Waals surface area contributed by atoms with E-state index in [1.807, 2.05) is 18.2 Å². The van der Waals surface area contributed by atoms with E-state index in [0.29, 0.717) is 37.0 Å². The first-order chi connectivity index (χ1) is 20.4. The number of hydrogen-bond donors (Lipinski definition) is 0. The van der Waals surface area contributed by atoms with E-state index in [0.717, 1.165) is 61.7 Å². The van der Waals surface area contributed by atoms with E-state index >= 15 is 0 Å². The summed E-state index contributed by atoms with van der Waals surface area (Å²) in [4.78, 5) is 15.7. The van der Waals surface area contributed by atoms with Crippen LogP contribution in [0.4, 0.5) is 5.69 Å².